The van der Waals surface area contributed by atoms with Crippen molar-refractivity contribution in [2.75, 3.05) is 57.8 Å². The van der Waals surface area contributed by atoms with Crippen LogP contribution in [0, 0.1) is 0 Å². The lowest BCUT2D eigenvalue weighted by molar-refractivity contribution is 0.0461. The van der Waals surface area contributed by atoms with Crippen LogP contribution >= 0.6 is 0 Å². The molecule has 1 aliphatic heterocycles. The average Bonchev–Trinajstić information content (AvgIpc) is 2.69. The molecule has 1 unspecified atom stereocenters. The molecule has 0 aromatic heterocycles. The van der Waals surface area contributed by atoms with Gasteiger partial charge in [0.15, 0.2) is 0 Å². The van der Waals surface area contributed by atoms with Gasteiger partial charge >= 0.3 is 6.09 Å². The van der Waals surface area contributed by atoms with Gasteiger partial charge in [0.25, 0.3) is 0 Å². The third-order valence-electron chi connectivity index (χ3n) is 4.75. The van der Waals surface area contributed by atoms with E-state index in [0.29, 0.717) is 24.6 Å². The number of unbranched alkanes of at least 4 members (excludes halogenated alkanes) is 1. The summed E-state index contributed by atoms with van der Waals surface area (Å²) in [5.74, 6) is 0.664. The van der Waals surface area contributed by atoms with Crippen LogP contribution in [0.3, 0.4) is 0 Å². The van der Waals surface area contributed by atoms with E-state index in [0.717, 1.165) is 45.6 Å². The second kappa shape index (κ2) is 12.6. The number of aliphatic hydroxyl groups excluding tert-OH is 1. The first-order chi connectivity index (χ1) is 13.6. The van der Waals surface area contributed by atoms with Gasteiger partial charge in [-0.1, -0.05) is 20.3 Å². The van der Waals surface area contributed by atoms with Crippen LogP contribution in [-0.2, 0) is 4.74 Å². The standard InChI is InChI=1S/C21H35N3O4/c1-3-5-15-27-21(26)22-18-6-8-20(9-7-18)28-17-19(25)16-24-13-11-23(10-4-2)12-14-24/h6-9,19,25H,3-5,10-17H2,1-2H3,(H,22,26). The quantitative estimate of drug-likeness (QED) is 0.563. The topological polar surface area (TPSA) is 74.3 Å². The van der Waals surface area contributed by atoms with Gasteiger partial charge in [-0.25, -0.2) is 4.79 Å². The maximum atomic E-state index is 11.6. The van der Waals surface area contributed by atoms with E-state index < -0.39 is 12.2 Å². The van der Waals surface area contributed by atoms with E-state index >= 15 is 0 Å². The fourth-order valence-corrected chi connectivity index (χ4v) is 3.15. The molecule has 158 valence electrons. The Kier molecular flexibility index (Phi) is 10.1. The van der Waals surface area contributed by atoms with Crippen LogP contribution in [0.25, 0.3) is 0 Å². The molecular formula is C21H35N3O4. The zero-order valence-electron chi connectivity index (χ0n) is 17.2. The van der Waals surface area contributed by atoms with Gasteiger partial charge in [-0.3, -0.25) is 10.2 Å². The molecule has 0 aliphatic carbocycles. The summed E-state index contributed by atoms with van der Waals surface area (Å²) < 4.78 is 10.7. The number of hydrogen-bond acceptors (Lipinski definition) is 6. The van der Waals surface area contributed by atoms with Crippen LogP contribution in [0.15, 0.2) is 24.3 Å². The molecule has 28 heavy (non-hydrogen) atoms. The van der Waals surface area contributed by atoms with Gasteiger partial charge < -0.3 is 19.5 Å². The predicted molar refractivity (Wildman–Crippen MR) is 111 cm³/mol. The molecule has 7 heteroatoms. The maximum absolute atomic E-state index is 11.6. The van der Waals surface area contributed by atoms with Crippen molar-refractivity contribution < 1.29 is 19.4 Å². The molecule has 0 radical (unpaired) electrons. The van der Waals surface area contributed by atoms with Crippen molar-refractivity contribution >= 4 is 11.8 Å². The monoisotopic (exact) mass is 393 g/mol. The summed E-state index contributed by atoms with van der Waals surface area (Å²) in [4.78, 5) is 16.4. The second-order valence-electron chi connectivity index (χ2n) is 7.25. The molecule has 0 bridgehead atoms. The Morgan fingerprint density at radius 3 is 2.43 bits per heavy atom. The summed E-state index contributed by atoms with van der Waals surface area (Å²) >= 11 is 0. The molecule has 0 saturated carbocycles. The molecule has 7 nitrogen and oxygen atoms in total. The van der Waals surface area contributed by atoms with E-state index in [9.17, 15) is 9.90 Å². The normalized spacial score (nSPS) is 16.5. The number of benzene rings is 1. The third-order valence-corrected chi connectivity index (χ3v) is 4.75. The molecule has 1 amide bonds. The highest BCUT2D eigenvalue weighted by atomic mass is 16.5. The Balaban J connectivity index is 1.65. The number of rotatable bonds is 11. The van der Waals surface area contributed by atoms with E-state index in [1.165, 1.54) is 6.42 Å². The minimum atomic E-state index is -0.524. The molecule has 0 spiro atoms. The largest absolute Gasteiger partial charge is 0.491 e. The minimum absolute atomic E-state index is 0.251. The Bertz CT molecular complexity index is 559. The van der Waals surface area contributed by atoms with Crippen molar-refractivity contribution in [1.29, 1.82) is 0 Å². The van der Waals surface area contributed by atoms with Gasteiger partial charge in [0.2, 0.25) is 0 Å². The summed E-state index contributed by atoms with van der Waals surface area (Å²) in [5, 5.41) is 12.9. The SMILES string of the molecule is CCCCOC(=O)Nc1ccc(OCC(O)CN2CCN(CCC)CC2)cc1. The first kappa shape index (κ1) is 22.5. The van der Waals surface area contributed by atoms with Crippen molar-refractivity contribution in [2.45, 2.75) is 39.2 Å². The predicted octanol–water partition coefficient (Wildman–Crippen LogP) is 2.80. The van der Waals surface area contributed by atoms with E-state index in [4.69, 9.17) is 9.47 Å². The molecule has 1 fully saturated rings. The van der Waals surface area contributed by atoms with Crippen molar-refractivity contribution in [3.05, 3.63) is 24.3 Å². The fourth-order valence-electron chi connectivity index (χ4n) is 3.15. The molecule has 1 atom stereocenters. The zero-order valence-corrected chi connectivity index (χ0v) is 17.2. The molecule has 1 aromatic carbocycles. The third kappa shape index (κ3) is 8.46. The van der Waals surface area contributed by atoms with Gasteiger partial charge in [0, 0.05) is 38.4 Å². The lowest BCUT2D eigenvalue weighted by Crippen LogP contribution is -2.49. The lowest BCUT2D eigenvalue weighted by Gasteiger charge is -2.35. The number of aliphatic hydroxyl groups is 1. The lowest BCUT2D eigenvalue weighted by atomic mass is 10.2. The first-order valence-electron chi connectivity index (χ1n) is 10.4. The van der Waals surface area contributed by atoms with Crippen LogP contribution in [0.1, 0.15) is 33.1 Å². The Hall–Kier alpha value is -1.83. The summed E-state index contributed by atoms with van der Waals surface area (Å²) in [5.41, 5.74) is 0.652. The van der Waals surface area contributed by atoms with Crippen LogP contribution in [0.4, 0.5) is 10.5 Å². The van der Waals surface area contributed by atoms with Crippen molar-refractivity contribution in [3.8, 4) is 5.75 Å². The Morgan fingerprint density at radius 2 is 1.79 bits per heavy atom. The van der Waals surface area contributed by atoms with E-state index in [-0.39, 0.29) is 6.61 Å². The molecule has 1 heterocycles. The second-order valence-corrected chi connectivity index (χ2v) is 7.25. The van der Waals surface area contributed by atoms with Crippen LogP contribution < -0.4 is 10.1 Å². The van der Waals surface area contributed by atoms with Crippen LogP contribution in [-0.4, -0.2) is 79.6 Å². The molecule has 1 aromatic rings. The number of β-amino-alcohol motifs (C(OH)–C–C–N with tert-alkyl or cyclic N) is 1. The molecule has 2 rings (SSSR count). The highest BCUT2D eigenvalue weighted by Gasteiger charge is 2.18. The van der Waals surface area contributed by atoms with Crippen molar-refractivity contribution in [1.82, 2.24) is 9.80 Å². The van der Waals surface area contributed by atoms with Gasteiger partial charge in [0.05, 0.1) is 6.61 Å². The maximum Gasteiger partial charge on any atom is 0.411 e. The van der Waals surface area contributed by atoms with Crippen molar-refractivity contribution in [2.24, 2.45) is 0 Å². The van der Waals surface area contributed by atoms with Crippen LogP contribution in [0.5, 0.6) is 5.75 Å². The summed E-state index contributed by atoms with van der Waals surface area (Å²) in [6.07, 6.45) is 2.06. The molecule has 1 aliphatic rings. The highest BCUT2D eigenvalue weighted by molar-refractivity contribution is 5.84. The van der Waals surface area contributed by atoms with Crippen LogP contribution in [0.2, 0.25) is 0 Å². The van der Waals surface area contributed by atoms with Crippen molar-refractivity contribution in [3.63, 3.8) is 0 Å². The number of carbonyl (C=O) groups excluding carboxylic acids is 1. The summed E-state index contributed by atoms with van der Waals surface area (Å²) in [7, 11) is 0. The number of piperazine rings is 1. The van der Waals surface area contributed by atoms with Gasteiger partial charge in [0.1, 0.15) is 18.5 Å². The van der Waals surface area contributed by atoms with E-state index in [1.807, 2.05) is 6.92 Å². The summed E-state index contributed by atoms with van der Waals surface area (Å²) in [6, 6.07) is 7.07. The number of carbonyl (C=O) groups is 1. The highest BCUT2D eigenvalue weighted by Crippen LogP contribution is 2.16. The molecule has 2 N–H and O–H groups in total. The number of nitrogens with zero attached hydrogens (tertiary/aromatic N) is 2. The first-order valence-corrected chi connectivity index (χ1v) is 10.4. The number of nitrogens with one attached hydrogen (secondary N) is 1. The Labute approximate surface area is 168 Å². The number of amides is 1. The molecular weight excluding hydrogens is 358 g/mol. The Morgan fingerprint density at radius 1 is 1.11 bits per heavy atom. The number of hydrogen-bond donors (Lipinski definition) is 2. The molecule has 1 saturated heterocycles. The minimum Gasteiger partial charge on any atom is -0.491 e. The van der Waals surface area contributed by atoms with Gasteiger partial charge in [-0.2, -0.15) is 0 Å². The zero-order chi connectivity index (χ0) is 20.2. The average molecular weight is 394 g/mol. The summed E-state index contributed by atoms with van der Waals surface area (Å²) in [6.45, 7) is 10.8. The van der Waals surface area contributed by atoms with Gasteiger partial charge in [-0.05, 0) is 43.7 Å². The van der Waals surface area contributed by atoms with Gasteiger partial charge in [-0.15, -0.1) is 0 Å². The fraction of sp³-hybridized carbons (Fsp3) is 0.667. The van der Waals surface area contributed by atoms with E-state index in [2.05, 4.69) is 22.0 Å². The number of ether oxygens (including phenoxy) is 2. The smallest absolute Gasteiger partial charge is 0.411 e. The van der Waals surface area contributed by atoms with E-state index in [1.54, 1.807) is 24.3 Å². The number of anilines is 1.